The van der Waals surface area contributed by atoms with Crippen molar-refractivity contribution in [2.45, 2.75) is 29.6 Å². The summed E-state index contributed by atoms with van der Waals surface area (Å²) in [7, 11) is 0. The van der Waals surface area contributed by atoms with Gasteiger partial charge in [-0.15, -0.1) is 0 Å². The van der Waals surface area contributed by atoms with Gasteiger partial charge in [0.25, 0.3) is 0 Å². The first-order chi connectivity index (χ1) is 13.0. The molecule has 2 aromatic rings. The van der Waals surface area contributed by atoms with Gasteiger partial charge in [0.05, 0.1) is 0 Å². The Balaban J connectivity index is 2.60. The number of nitrogen functional groups attached to an aromatic ring is 2. The molecule has 0 fully saturated rings. The number of rotatable bonds is 6. The first-order valence-electron chi connectivity index (χ1n) is 7.61. The summed E-state index contributed by atoms with van der Waals surface area (Å²) in [5.74, 6) is -33.0. The first-order valence-corrected chi connectivity index (χ1v) is 7.61. The van der Waals surface area contributed by atoms with Gasteiger partial charge in [0, 0.05) is 22.5 Å². The van der Waals surface area contributed by atoms with Crippen molar-refractivity contribution < 1.29 is 43.9 Å². The van der Waals surface area contributed by atoms with Gasteiger partial charge in [0.15, 0.2) is 0 Å². The fourth-order valence-electron chi connectivity index (χ4n) is 2.42. The van der Waals surface area contributed by atoms with Crippen LogP contribution in [0.3, 0.4) is 0 Å². The van der Waals surface area contributed by atoms with E-state index in [1.54, 1.807) is 0 Å². The second kappa shape index (κ2) is 6.70. The Morgan fingerprint density at radius 1 is 0.483 bits per heavy atom. The molecule has 0 amide bonds. The first kappa shape index (κ1) is 22.6. The molecule has 0 unspecified atom stereocenters. The van der Waals surface area contributed by atoms with E-state index < -0.39 is 52.1 Å². The standard InChI is InChI=1S/C17H12F10N2/c18-13(19,9-3-1-5-11(28)7-9)15(22,23)17(26,27)16(24,25)14(20,21)10-4-2-6-12(29)8-10/h1-8H,28-29H2. The fourth-order valence-corrected chi connectivity index (χ4v) is 2.42. The second-order valence-corrected chi connectivity index (χ2v) is 6.12. The Morgan fingerprint density at radius 3 is 1.07 bits per heavy atom. The van der Waals surface area contributed by atoms with Gasteiger partial charge in [0.1, 0.15) is 0 Å². The molecule has 0 spiro atoms. The highest BCUT2D eigenvalue weighted by molar-refractivity contribution is 5.44. The van der Waals surface area contributed by atoms with Crippen LogP contribution in [0.25, 0.3) is 0 Å². The minimum absolute atomic E-state index is 0.137. The molecule has 29 heavy (non-hydrogen) atoms. The van der Waals surface area contributed by atoms with E-state index in [9.17, 15) is 43.9 Å². The quantitative estimate of drug-likeness (QED) is 0.457. The lowest BCUT2D eigenvalue weighted by Gasteiger charge is -2.39. The average molecular weight is 434 g/mol. The van der Waals surface area contributed by atoms with E-state index in [1.165, 1.54) is 0 Å². The van der Waals surface area contributed by atoms with Crippen LogP contribution in [0.2, 0.25) is 0 Å². The number of nitrogens with two attached hydrogens (primary N) is 2. The Bertz CT molecular complexity index is 824. The van der Waals surface area contributed by atoms with E-state index >= 15 is 0 Å². The van der Waals surface area contributed by atoms with Crippen LogP contribution in [-0.4, -0.2) is 17.8 Å². The molecule has 0 bridgehead atoms. The highest BCUT2D eigenvalue weighted by Crippen LogP contribution is 2.61. The number of halogens is 10. The lowest BCUT2D eigenvalue weighted by atomic mass is 9.88. The third-order valence-electron chi connectivity index (χ3n) is 4.08. The minimum atomic E-state index is -7.19. The van der Waals surface area contributed by atoms with Crippen molar-refractivity contribution in [2.75, 3.05) is 11.5 Å². The molecule has 2 nitrogen and oxygen atoms in total. The van der Waals surface area contributed by atoms with E-state index in [0.717, 1.165) is 12.1 Å². The predicted octanol–water partition coefficient (Wildman–Crippen LogP) is 5.64. The van der Waals surface area contributed by atoms with Gasteiger partial charge in [-0.1, -0.05) is 24.3 Å². The van der Waals surface area contributed by atoms with Gasteiger partial charge in [-0.05, 0) is 24.3 Å². The Morgan fingerprint density at radius 2 is 0.793 bits per heavy atom. The summed E-state index contributed by atoms with van der Waals surface area (Å²) in [5, 5.41) is 0. The maximum atomic E-state index is 14.1. The van der Waals surface area contributed by atoms with Crippen LogP contribution < -0.4 is 11.5 Å². The molecule has 12 heteroatoms. The van der Waals surface area contributed by atoms with Crippen molar-refractivity contribution in [2.24, 2.45) is 0 Å². The highest BCUT2D eigenvalue weighted by atomic mass is 19.4. The smallest absolute Gasteiger partial charge is 0.385 e. The summed E-state index contributed by atoms with van der Waals surface area (Å²) >= 11 is 0. The molecular formula is C17H12F10N2. The summed E-state index contributed by atoms with van der Waals surface area (Å²) in [4.78, 5) is 0. The number of hydrogen-bond acceptors (Lipinski definition) is 2. The molecule has 2 rings (SSSR count). The summed E-state index contributed by atoms with van der Waals surface area (Å²) in [6.45, 7) is 0. The van der Waals surface area contributed by atoms with Crippen LogP contribution >= 0.6 is 0 Å². The van der Waals surface area contributed by atoms with Gasteiger partial charge in [0.2, 0.25) is 0 Å². The number of benzene rings is 2. The summed E-state index contributed by atoms with van der Waals surface area (Å²) < 4.78 is 141. The van der Waals surface area contributed by atoms with E-state index in [1.807, 2.05) is 0 Å². The van der Waals surface area contributed by atoms with E-state index in [0.29, 0.717) is 12.1 Å². The molecule has 0 saturated carbocycles. The Hall–Kier alpha value is -2.66. The van der Waals surface area contributed by atoms with E-state index in [-0.39, 0.29) is 24.3 Å². The molecule has 0 aliphatic carbocycles. The normalized spacial score (nSPS) is 14.1. The van der Waals surface area contributed by atoms with Crippen molar-refractivity contribution in [3.8, 4) is 0 Å². The van der Waals surface area contributed by atoms with Gasteiger partial charge in [-0.25, -0.2) is 0 Å². The van der Waals surface area contributed by atoms with E-state index in [4.69, 9.17) is 11.5 Å². The van der Waals surface area contributed by atoms with Crippen molar-refractivity contribution in [1.82, 2.24) is 0 Å². The van der Waals surface area contributed by atoms with Crippen LogP contribution in [0.4, 0.5) is 55.3 Å². The number of alkyl halides is 10. The van der Waals surface area contributed by atoms with Crippen molar-refractivity contribution in [1.29, 1.82) is 0 Å². The fraction of sp³-hybridized carbons (Fsp3) is 0.294. The summed E-state index contributed by atoms with van der Waals surface area (Å²) in [6.07, 6.45) is 0. The number of hydrogen-bond donors (Lipinski definition) is 2. The maximum absolute atomic E-state index is 14.1. The topological polar surface area (TPSA) is 52.0 Å². The molecule has 0 aliphatic heterocycles. The zero-order chi connectivity index (χ0) is 22.5. The number of anilines is 2. The highest BCUT2D eigenvalue weighted by Gasteiger charge is 2.86. The van der Waals surface area contributed by atoms with Crippen molar-refractivity contribution in [3.05, 3.63) is 59.7 Å². The average Bonchev–Trinajstić information content (AvgIpc) is 2.61. The molecule has 0 aliphatic rings. The summed E-state index contributed by atoms with van der Waals surface area (Å²) in [5.41, 5.74) is 5.36. The molecule has 0 aromatic heterocycles. The molecule has 160 valence electrons. The Kier molecular flexibility index (Phi) is 5.23. The molecule has 2 aromatic carbocycles. The molecule has 0 radical (unpaired) electrons. The van der Waals surface area contributed by atoms with Crippen molar-refractivity contribution in [3.63, 3.8) is 0 Å². The van der Waals surface area contributed by atoms with Crippen LogP contribution in [-0.2, 0) is 11.8 Å². The largest absolute Gasteiger partial charge is 0.399 e. The monoisotopic (exact) mass is 434 g/mol. The maximum Gasteiger partial charge on any atom is 0.385 e. The molecule has 0 heterocycles. The molecule has 0 atom stereocenters. The van der Waals surface area contributed by atoms with E-state index in [2.05, 4.69) is 0 Å². The third-order valence-corrected chi connectivity index (χ3v) is 4.08. The van der Waals surface area contributed by atoms with Crippen LogP contribution in [0.1, 0.15) is 11.1 Å². The Labute approximate surface area is 157 Å². The van der Waals surface area contributed by atoms with Gasteiger partial charge in [-0.3, -0.25) is 0 Å². The lowest BCUT2D eigenvalue weighted by molar-refractivity contribution is -0.407. The van der Waals surface area contributed by atoms with Gasteiger partial charge < -0.3 is 11.5 Å². The minimum Gasteiger partial charge on any atom is -0.399 e. The van der Waals surface area contributed by atoms with Crippen molar-refractivity contribution >= 4 is 11.4 Å². The zero-order valence-corrected chi connectivity index (χ0v) is 14.1. The van der Waals surface area contributed by atoms with Gasteiger partial charge in [-0.2, -0.15) is 43.9 Å². The second-order valence-electron chi connectivity index (χ2n) is 6.12. The molecule has 0 saturated heterocycles. The zero-order valence-electron chi connectivity index (χ0n) is 14.1. The van der Waals surface area contributed by atoms with Crippen LogP contribution in [0.5, 0.6) is 0 Å². The summed E-state index contributed by atoms with van der Waals surface area (Å²) in [6, 6.07) is 3.91. The SMILES string of the molecule is Nc1cccc(C(F)(F)C(F)(F)C(F)(F)C(F)(F)C(F)(F)c2cccc(N)c2)c1. The molecule has 4 N–H and O–H groups in total. The predicted molar refractivity (Wildman–Crippen MR) is 84.3 cm³/mol. The van der Waals surface area contributed by atoms with Crippen LogP contribution in [0.15, 0.2) is 48.5 Å². The van der Waals surface area contributed by atoms with Gasteiger partial charge >= 0.3 is 29.6 Å². The molecular weight excluding hydrogens is 422 g/mol. The van der Waals surface area contributed by atoms with Crippen LogP contribution in [0, 0.1) is 0 Å². The third kappa shape index (κ3) is 3.23. The lowest BCUT2D eigenvalue weighted by Crippen LogP contribution is -2.65.